The predicted octanol–water partition coefficient (Wildman–Crippen LogP) is 5.26. The third kappa shape index (κ3) is 6.09. The third-order valence-corrected chi connectivity index (χ3v) is 5.80. The van der Waals surface area contributed by atoms with E-state index in [-0.39, 0.29) is 18.4 Å². The van der Waals surface area contributed by atoms with Crippen molar-refractivity contribution < 1.29 is 19.4 Å². The van der Waals surface area contributed by atoms with Gasteiger partial charge >= 0.3 is 0 Å². The number of aryl methyl sites for hydroxylation is 1. The topological polar surface area (TPSA) is 87.7 Å². The average molecular weight is 483 g/mol. The van der Waals surface area contributed by atoms with Crippen LogP contribution in [0.15, 0.2) is 85.0 Å². The fraction of sp³-hybridized carbons (Fsp3) is 0.200. The molecule has 6 nitrogen and oxygen atoms in total. The number of benzene rings is 3. The molecule has 0 fully saturated rings. The number of carbonyl (C=O) groups is 2. The maximum absolute atomic E-state index is 12.7. The van der Waals surface area contributed by atoms with Gasteiger partial charge in [-0.3, -0.25) is 9.59 Å². The number of hydrogen-bond acceptors (Lipinski definition) is 4. The molecular weight excluding hydrogens is 452 g/mol. The molecule has 0 saturated heterocycles. The minimum Gasteiger partial charge on any atom is -0.491 e. The molecule has 4 rings (SSSR count). The van der Waals surface area contributed by atoms with E-state index in [0.29, 0.717) is 16.9 Å². The monoisotopic (exact) mass is 482 g/mol. The number of nitrogens with one attached hydrogen (secondary N) is 2. The van der Waals surface area contributed by atoms with Crippen molar-refractivity contribution >= 4 is 28.8 Å². The van der Waals surface area contributed by atoms with Crippen molar-refractivity contribution in [3.63, 3.8) is 0 Å². The number of carbonyl (C=O) groups excluding carboxylic acids is 2. The van der Waals surface area contributed by atoms with Crippen LogP contribution in [0.4, 0.5) is 11.4 Å². The lowest BCUT2D eigenvalue weighted by Crippen LogP contribution is -2.34. The van der Waals surface area contributed by atoms with E-state index < -0.39 is 12.0 Å². The molecule has 3 aromatic carbocycles. The van der Waals surface area contributed by atoms with Gasteiger partial charge in [-0.2, -0.15) is 0 Å². The summed E-state index contributed by atoms with van der Waals surface area (Å²) in [6, 6.07) is 21.4. The number of anilines is 2. The molecule has 1 heterocycles. The van der Waals surface area contributed by atoms with Gasteiger partial charge in [-0.25, -0.2) is 0 Å². The van der Waals surface area contributed by atoms with Crippen LogP contribution >= 0.6 is 0 Å². The normalized spacial score (nSPS) is 15.5. The van der Waals surface area contributed by atoms with Crippen LogP contribution in [0.5, 0.6) is 5.75 Å². The highest BCUT2D eigenvalue weighted by Gasteiger charge is 2.26. The van der Waals surface area contributed by atoms with E-state index in [1.165, 1.54) is 11.6 Å². The third-order valence-electron chi connectivity index (χ3n) is 5.80. The molecule has 1 aliphatic heterocycles. The zero-order valence-corrected chi connectivity index (χ0v) is 20.6. The molecule has 36 heavy (non-hydrogen) atoms. The lowest BCUT2D eigenvalue weighted by Gasteiger charge is -2.23. The zero-order chi connectivity index (χ0) is 25.7. The van der Waals surface area contributed by atoms with E-state index in [0.717, 1.165) is 22.4 Å². The van der Waals surface area contributed by atoms with Crippen LogP contribution in [0.1, 0.15) is 36.1 Å². The Morgan fingerprint density at radius 3 is 2.39 bits per heavy atom. The van der Waals surface area contributed by atoms with Crippen molar-refractivity contribution in [1.29, 1.82) is 0 Å². The number of ether oxygens (including phenoxy) is 1. The molecule has 0 bridgehead atoms. The first-order valence-corrected chi connectivity index (χ1v) is 11.9. The summed E-state index contributed by atoms with van der Waals surface area (Å²) in [6.07, 6.45) is 4.20. The van der Waals surface area contributed by atoms with Gasteiger partial charge in [0.15, 0.2) is 0 Å². The summed E-state index contributed by atoms with van der Waals surface area (Å²) in [5.74, 6) is 0.0536. The van der Waals surface area contributed by atoms with Gasteiger partial charge in [0.1, 0.15) is 11.9 Å². The number of hydrogen-bond donors (Lipinski definition) is 3. The van der Waals surface area contributed by atoms with Gasteiger partial charge in [0.05, 0.1) is 6.10 Å². The second-order valence-corrected chi connectivity index (χ2v) is 9.03. The minimum atomic E-state index is -1.14. The molecule has 0 saturated carbocycles. The highest BCUT2D eigenvalue weighted by atomic mass is 16.5. The number of aliphatic hydroxyl groups is 1. The predicted molar refractivity (Wildman–Crippen MR) is 143 cm³/mol. The van der Waals surface area contributed by atoms with Gasteiger partial charge in [0.25, 0.3) is 5.91 Å². The Morgan fingerprint density at radius 2 is 1.72 bits per heavy atom. The number of aliphatic hydroxyl groups excluding tert-OH is 1. The fourth-order valence-corrected chi connectivity index (χ4v) is 4.03. The Hall–Kier alpha value is -4.16. The zero-order valence-electron chi connectivity index (χ0n) is 20.6. The highest BCUT2D eigenvalue weighted by molar-refractivity contribution is 6.03. The van der Waals surface area contributed by atoms with E-state index in [4.69, 9.17) is 4.74 Å². The first-order chi connectivity index (χ1) is 17.3. The summed E-state index contributed by atoms with van der Waals surface area (Å²) in [7, 11) is 0. The molecule has 0 radical (unpaired) electrons. The SMILES string of the molecule is Cc1ccc(/C(=C\C=C\C(=O)Nc2cccc3c2CC(O)C(=O)N3)c2ccc(OC(C)C)cc2)cc1. The molecule has 3 aromatic rings. The summed E-state index contributed by atoms with van der Waals surface area (Å²) < 4.78 is 5.77. The Balaban J connectivity index is 1.56. The van der Waals surface area contributed by atoms with Crippen LogP contribution in [0.3, 0.4) is 0 Å². The van der Waals surface area contributed by atoms with Crippen molar-refractivity contribution in [3.8, 4) is 5.75 Å². The molecule has 1 aliphatic rings. The fourth-order valence-electron chi connectivity index (χ4n) is 4.03. The molecule has 6 heteroatoms. The number of fused-ring (bicyclic) bond motifs is 1. The summed E-state index contributed by atoms with van der Waals surface area (Å²) in [5, 5.41) is 15.4. The second-order valence-electron chi connectivity index (χ2n) is 9.03. The largest absolute Gasteiger partial charge is 0.491 e. The smallest absolute Gasteiger partial charge is 0.253 e. The van der Waals surface area contributed by atoms with Crippen LogP contribution < -0.4 is 15.4 Å². The number of rotatable bonds is 7. The summed E-state index contributed by atoms with van der Waals surface area (Å²) >= 11 is 0. The van der Waals surface area contributed by atoms with Crippen LogP contribution in [0.2, 0.25) is 0 Å². The molecule has 1 atom stereocenters. The quantitative estimate of drug-likeness (QED) is 0.316. The lowest BCUT2D eigenvalue weighted by molar-refractivity contribution is -0.124. The molecule has 0 aromatic heterocycles. The molecule has 184 valence electrons. The highest BCUT2D eigenvalue weighted by Crippen LogP contribution is 2.30. The second kappa shape index (κ2) is 11.1. The summed E-state index contributed by atoms with van der Waals surface area (Å²) in [5.41, 5.74) is 6.03. The van der Waals surface area contributed by atoms with Gasteiger partial charge < -0.3 is 20.5 Å². The van der Waals surface area contributed by atoms with E-state index in [1.807, 2.05) is 51.1 Å². The van der Waals surface area contributed by atoms with Crippen LogP contribution in [-0.2, 0) is 16.0 Å². The van der Waals surface area contributed by atoms with Crippen molar-refractivity contribution in [2.45, 2.75) is 39.4 Å². The maximum atomic E-state index is 12.7. The first kappa shape index (κ1) is 24.9. The Kier molecular flexibility index (Phi) is 7.66. The van der Waals surface area contributed by atoms with Crippen molar-refractivity contribution in [1.82, 2.24) is 0 Å². The molecule has 3 N–H and O–H groups in total. The van der Waals surface area contributed by atoms with Gasteiger partial charge in [-0.1, -0.05) is 60.2 Å². The van der Waals surface area contributed by atoms with Crippen molar-refractivity contribution in [2.75, 3.05) is 10.6 Å². The molecular formula is C30H30N2O4. The van der Waals surface area contributed by atoms with Gasteiger partial charge in [-0.15, -0.1) is 0 Å². The van der Waals surface area contributed by atoms with E-state index >= 15 is 0 Å². The van der Waals surface area contributed by atoms with E-state index in [1.54, 1.807) is 24.3 Å². The van der Waals surface area contributed by atoms with Crippen LogP contribution in [-0.4, -0.2) is 29.1 Å². The van der Waals surface area contributed by atoms with E-state index in [9.17, 15) is 14.7 Å². The number of allylic oxidation sites excluding steroid dienone is 2. The molecule has 0 spiro atoms. The maximum Gasteiger partial charge on any atom is 0.253 e. The lowest BCUT2D eigenvalue weighted by atomic mass is 9.96. The minimum absolute atomic E-state index is 0.0964. The van der Waals surface area contributed by atoms with E-state index in [2.05, 4.69) is 34.9 Å². The molecule has 2 amide bonds. The van der Waals surface area contributed by atoms with Gasteiger partial charge in [-0.05, 0) is 61.7 Å². The summed E-state index contributed by atoms with van der Waals surface area (Å²) in [6.45, 7) is 6.03. The summed E-state index contributed by atoms with van der Waals surface area (Å²) in [4.78, 5) is 24.4. The molecule has 1 unspecified atom stereocenters. The van der Waals surface area contributed by atoms with Gasteiger partial charge in [0.2, 0.25) is 5.91 Å². The average Bonchev–Trinajstić information content (AvgIpc) is 2.84. The Labute approximate surface area is 211 Å². The van der Waals surface area contributed by atoms with Gasteiger partial charge in [0, 0.05) is 29.4 Å². The Bertz CT molecular complexity index is 1310. The first-order valence-electron chi connectivity index (χ1n) is 11.9. The van der Waals surface area contributed by atoms with Crippen LogP contribution in [0, 0.1) is 6.92 Å². The molecule has 0 aliphatic carbocycles. The van der Waals surface area contributed by atoms with Crippen molar-refractivity contribution in [3.05, 3.63) is 107 Å². The van der Waals surface area contributed by atoms with Crippen molar-refractivity contribution in [2.24, 2.45) is 0 Å². The standard InChI is InChI=1S/C30H30N2O4/c1-19(2)36-23-16-14-22(15-17-23)24(21-12-10-20(3)11-13-21)6-4-9-29(34)31-26-7-5-8-27-25(26)18-28(33)30(35)32-27/h4-17,19,28,33H,18H2,1-3H3,(H,31,34)(H,32,35)/b9-4+,24-6+. The number of amides is 2. The van der Waals surface area contributed by atoms with Crippen LogP contribution in [0.25, 0.3) is 5.57 Å². The Morgan fingerprint density at radius 1 is 1.06 bits per heavy atom.